The van der Waals surface area contributed by atoms with Gasteiger partial charge in [0.1, 0.15) is 0 Å². The normalized spacial score (nSPS) is 13.2. The standard InChI is InChI=1S/C10H13F2NS/c1-7(6-13)8-2-4-9(5-3-8)14-10(11)12/h2-5,7,10H,6,13H2,1H3. The maximum absolute atomic E-state index is 12.0. The minimum atomic E-state index is -2.35. The molecule has 0 saturated carbocycles. The second-order valence-corrected chi connectivity index (χ2v) is 4.15. The second kappa shape index (κ2) is 5.32. The molecule has 78 valence electrons. The highest BCUT2D eigenvalue weighted by Crippen LogP contribution is 2.26. The van der Waals surface area contributed by atoms with E-state index in [1.807, 2.05) is 19.1 Å². The molecule has 1 aromatic carbocycles. The Balaban J connectivity index is 2.68. The van der Waals surface area contributed by atoms with E-state index in [4.69, 9.17) is 5.73 Å². The van der Waals surface area contributed by atoms with Crippen LogP contribution in [0.5, 0.6) is 0 Å². The molecule has 0 fully saturated rings. The molecule has 0 aliphatic heterocycles. The maximum atomic E-state index is 12.0. The van der Waals surface area contributed by atoms with Gasteiger partial charge in [-0.15, -0.1) is 0 Å². The van der Waals surface area contributed by atoms with Gasteiger partial charge < -0.3 is 5.73 Å². The van der Waals surface area contributed by atoms with Crippen molar-refractivity contribution in [1.29, 1.82) is 0 Å². The molecule has 14 heavy (non-hydrogen) atoms. The molecule has 0 aliphatic carbocycles. The molecule has 1 nitrogen and oxygen atoms in total. The van der Waals surface area contributed by atoms with Crippen molar-refractivity contribution < 1.29 is 8.78 Å². The second-order valence-electron chi connectivity index (χ2n) is 3.08. The Morgan fingerprint density at radius 2 is 1.86 bits per heavy atom. The lowest BCUT2D eigenvalue weighted by Crippen LogP contribution is -2.08. The van der Waals surface area contributed by atoms with Crippen molar-refractivity contribution in [2.75, 3.05) is 6.54 Å². The maximum Gasteiger partial charge on any atom is 0.288 e. The molecule has 0 saturated heterocycles. The zero-order chi connectivity index (χ0) is 10.6. The molecule has 0 radical (unpaired) electrons. The van der Waals surface area contributed by atoms with Crippen molar-refractivity contribution in [3.05, 3.63) is 29.8 Å². The summed E-state index contributed by atoms with van der Waals surface area (Å²) >= 11 is 0.562. The Hall–Kier alpha value is -0.610. The summed E-state index contributed by atoms with van der Waals surface area (Å²) in [6.07, 6.45) is 0. The van der Waals surface area contributed by atoms with Crippen molar-refractivity contribution in [3.63, 3.8) is 0 Å². The number of thioether (sulfide) groups is 1. The predicted molar refractivity (Wildman–Crippen MR) is 55.8 cm³/mol. The van der Waals surface area contributed by atoms with Gasteiger partial charge in [-0.1, -0.05) is 30.8 Å². The highest BCUT2D eigenvalue weighted by molar-refractivity contribution is 7.99. The van der Waals surface area contributed by atoms with E-state index in [1.54, 1.807) is 12.1 Å². The fraction of sp³-hybridized carbons (Fsp3) is 0.400. The topological polar surface area (TPSA) is 26.0 Å². The van der Waals surface area contributed by atoms with Crippen molar-refractivity contribution in [2.45, 2.75) is 23.5 Å². The zero-order valence-corrected chi connectivity index (χ0v) is 8.73. The highest BCUT2D eigenvalue weighted by atomic mass is 32.2. The Morgan fingerprint density at radius 1 is 1.29 bits per heavy atom. The lowest BCUT2D eigenvalue weighted by molar-refractivity contribution is 0.252. The van der Waals surface area contributed by atoms with Crippen molar-refractivity contribution in [1.82, 2.24) is 0 Å². The van der Waals surface area contributed by atoms with Crippen LogP contribution >= 0.6 is 11.8 Å². The van der Waals surface area contributed by atoms with E-state index >= 15 is 0 Å². The van der Waals surface area contributed by atoms with Gasteiger partial charge in [0.05, 0.1) is 0 Å². The summed E-state index contributed by atoms with van der Waals surface area (Å²) in [5.74, 6) is -2.08. The summed E-state index contributed by atoms with van der Waals surface area (Å²) in [5, 5.41) is 0. The summed E-state index contributed by atoms with van der Waals surface area (Å²) in [6, 6.07) is 7.11. The number of hydrogen-bond donors (Lipinski definition) is 1. The molecule has 0 spiro atoms. The lowest BCUT2D eigenvalue weighted by Gasteiger charge is -2.09. The van der Waals surface area contributed by atoms with Crippen LogP contribution in [0.4, 0.5) is 8.78 Å². The minimum absolute atomic E-state index is 0.278. The molecule has 1 atom stereocenters. The zero-order valence-electron chi connectivity index (χ0n) is 7.91. The summed E-state index contributed by atoms with van der Waals surface area (Å²) < 4.78 is 24.0. The minimum Gasteiger partial charge on any atom is -0.330 e. The largest absolute Gasteiger partial charge is 0.330 e. The van der Waals surface area contributed by atoms with Gasteiger partial charge in [0.15, 0.2) is 0 Å². The van der Waals surface area contributed by atoms with E-state index in [9.17, 15) is 8.78 Å². The Kier molecular flexibility index (Phi) is 4.35. The van der Waals surface area contributed by atoms with Gasteiger partial charge in [-0.2, -0.15) is 8.78 Å². The fourth-order valence-electron chi connectivity index (χ4n) is 1.11. The van der Waals surface area contributed by atoms with Crippen LogP contribution in [-0.2, 0) is 0 Å². The van der Waals surface area contributed by atoms with Crippen LogP contribution in [0.2, 0.25) is 0 Å². The first-order valence-corrected chi connectivity index (χ1v) is 5.26. The number of benzene rings is 1. The van der Waals surface area contributed by atoms with Crippen LogP contribution in [0, 0.1) is 0 Å². The molecule has 0 bridgehead atoms. The van der Waals surface area contributed by atoms with Gasteiger partial charge in [-0.3, -0.25) is 0 Å². The molecule has 0 aromatic heterocycles. The van der Waals surface area contributed by atoms with E-state index in [1.165, 1.54) is 0 Å². The molecule has 4 heteroatoms. The van der Waals surface area contributed by atoms with E-state index in [2.05, 4.69) is 0 Å². The molecule has 1 rings (SSSR count). The first kappa shape index (κ1) is 11.5. The van der Waals surface area contributed by atoms with Gasteiger partial charge in [0, 0.05) is 4.90 Å². The highest BCUT2D eigenvalue weighted by Gasteiger charge is 2.06. The van der Waals surface area contributed by atoms with Crippen LogP contribution in [0.25, 0.3) is 0 Å². The summed E-state index contributed by atoms with van der Waals surface area (Å²) in [6.45, 7) is 2.58. The van der Waals surface area contributed by atoms with Gasteiger partial charge in [0.25, 0.3) is 5.76 Å². The van der Waals surface area contributed by atoms with Crippen LogP contribution in [0.1, 0.15) is 18.4 Å². The predicted octanol–water partition coefficient (Wildman–Crippen LogP) is 3.06. The van der Waals surface area contributed by atoms with Gasteiger partial charge >= 0.3 is 0 Å². The average Bonchev–Trinajstić information content (AvgIpc) is 2.17. The summed E-state index contributed by atoms with van der Waals surface area (Å²) in [7, 11) is 0. The van der Waals surface area contributed by atoms with E-state index in [0.29, 0.717) is 23.2 Å². The van der Waals surface area contributed by atoms with E-state index in [-0.39, 0.29) is 5.92 Å². The first-order chi connectivity index (χ1) is 6.63. The van der Waals surface area contributed by atoms with E-state index < -0.39 is 5.76 Å². The smallest absolute Gasteiger partial charge is 0.288 e. The first-order valence-electron chi connectivity index (χ1n) is 4.38. The number of alkyl halides is 2. The summed E-state index contributed by atoms with van der Waals surface area (Å²) in [4.78, 5) is 0.591. The lowest BCUT2D eigenvalue weighted by atomic mass is 10.0. The third kappa shape index (κ3) is 3.27. The number of rotatable bonds is 4. The van der Waals surface area contributed by atoms with Crippen LogP contribution in [-0.4, -0.2) is 12.3 Å². The average molecular weight is 217 g/mol. The van der Waals surface area contributed by atoms with Gasteiger partial charge in [0.2, 0.25) is 0 Å². The molecular weight excluding hydrogens is 204 g/mol. The van der Waals surface area contributed by atoms with Crippen molar-refractivity contribution >= 4 is 11.8 Å². The monoisotopic (exact) mass is 217 g/mol. The van der Waals surface area contributed by atoms with Crippen molar-refractivity contribution in [2.24, 2.45) is 5.73 Å². The molecular formula is C10H13F2NS. The molecule has 0 amide bonds. The summed E-state index contributed by atoms with van der Waals surface area (Å²) in [5.41, 5.74) is 6.59. The molecule has 0 heterocycles. The Bertz CT molecular complexity index is 274. The molecule has 0 aliphatic rings. The van der Waals surface area contributed by atoms with Crippen LogP contribution in [0.15, 0.2) is 29.2 Å². The Morgan fingerprint density at radius 3 is 2.29 bits per heavy atom. The number of halogens is 2. The Labute approximate surface area is 86.7 Å². The van der Waals surface area contributed by atoms with Gasteiger partial charge in [-0.05, 0) is 30.2 Å². The molecule has 2 N–H and O–H groups in total. The third-order valence-corrected chi connectivity index (χ3v) is 2.75. The number of hydrogen-bond acceptors (Lipinski definition) is 2. The third-order valence-electron chi connectivity index (χ3n) is 2.03. The fourth-order valence-corrected chi connectivity index (χ4v) is 1.61. The molecule has 1 unspecified atom stereocenters. The van der Waals surface area contributed by atoms with E-state index in [0.717, 1.165) is 5.56 Å². The SMILES string of the molecule is CC(CN)c1ccc(SC(F)F)cc1. The number of nitrogens with two attached hydrogens (primary N) is 1. The van der Waals surface area contributed by atoms with Crippen LogP contribution in [0.3, 0.4) is 0 Å². The van der Waals surface area contributed by atoms with Gasteiger partial charge in [-0.25, -0.2) is 0 Å². The van der Waals surface area contributed by atoms with Crippen LogP contribution < -0.4 is 5.73 Å². The van der Waals surface area contributed by atoms with Crippen molar-refractivity contribution in [3.8, 4) is 0 Å². The molecule has 1 aromatic rings. The quantitative estimate of drug-likeness (QED) is 0.784.